The van der Waals surface area contributed by atoms with E-state index in [1.54, 1.807) is 29.4 Å². The van der Waals surface area contributed by atoms with Crippen molar-refractivity contribution in [1.82, 2.24) is 29.6 Å². The van der Waals surface area contributed by atoms with Crippen molar-refractivity contribution in [2.75, 3.05) is 13.1 Å². The molecule has 0 bridgehead atoms. The van der Waals surface area contributed by atoms with Gasteiger partial charge in [0.05, 0.1) is 12.8 Å². The molecular weight excluding hydrogens is 428 g/mol. The van der Waals surface area contributed by atoms with Gasteiger partial charge in [0.2, 0.25) is 0 Å². The zero-order valence-corrected chi connectivity index (χ0v) is 19.9. The molecule has 9 heteroatoms. The predicted octanol–water partition coefficient (Wildman–Crippen LogP) is 5.08. The number of nitrogens with zero attached hydrogens (tertiary/aromatic N) is 6. The van der Waals surface area contributed by atoms with Crippen LogP contribution in [0.25, 0.3) is 21.8 Å². The molecule has 0 radical (unpaired) electrons. The Morgan fingerprint density at radius 2 is 2.00 bits per heavy atom. The van der Waals surface area contributed by atoms with E-state index in [1.807, 2.05) is 23.7 Å². The Balaban J connectivity index is 1.50. The van der Waals surface area contributed by atoms with Crippen molar-refractivity contribution in [3.63, 3.8) is 0 Å². The normalized spacial score (nSPS) is 15.9. The SMILES string of the molecule is Cc1sc2nc(CN3CCC(C)CC3)nc(Sc3nnc(-c4ccco4)n3C)c2c1C. The van der Waals surface area contributed by atoms with Crippen LogP contribution in [-0.2, 0) is 13.6 Å². The fourth-order valence-electron chi connectivity index (χ4n) is 3.93. The molecule has 1 aliphatic heterocycles. The Bertz CT molecular complexity index is 1200. The van der Waals surface area contributed by atoms with E-state index in [4.69, 9.17) is 14.4 Å². The van der Waals surface area contributed by atoms with Crippen molar-refractivity contribution in [2.24, 2.45) is 13.0 Å². The molecular formula is C22H26N6OS2. The molecule has 7 nitrogen and oxygen atoms in total. The molecule has 0 spiro atoms. The van der Waals surface area contributed by atoms with E-state index in [0.717, 1.165) is 51.8 Å². The van der Waals surface area contributed by atoms with Crippen LogP contribution >= 0.6 is 23.1 Å². The van der Waals surface area contributed by atoms with Crippen molar-refractivity contribution in [2.45, 2.75) is 50.3 Å². The number of aryl methyl sites for hydroxylation is 2. The second-order valence-electron chi connectivity index (χ2n) is 8.31. The number of furan rings is 1. The number of rotatable bonds is 5. The Morgan fingerprint density at radius 1 is 1.19 bits per heavy atom. The average molecular weight is 455 g/mol. The third-order valence-corrected chi connectivity index (χ3v) is 8.18. The largest absolute Gasteiger partial charge is 0.461 e. The summed E-state index contributed by atoms with van der Waals surface area (Å²) < 4.78 is 7.46. The molecule has 0 aliphatic carbocycles. The number of likely N-dealkylation sites (tertiary alicyclic amines) is 1. The number of piperidine rings is 1. The van der Waals surface area contributed by atoms with Crippen molar-refractivity contribution in [3.8, 4) is 11.6 Å². The van der Waals surface area contributed by atoms with E-state index >= 15 is 0 Å². The van der Waals surface area contributed by atoms with Crippen molar-refractivity contribution >= 4 is 33.3 Å². The summed E-state index contributed by atoms with van der Waals surface area (Å²) in [6, 6.07) is 3.75. The molecule has 0 amide bonds. The smallest absolute Gasteiger partial charge is 0.200 e. The van der Waals surface area contributed by atoms with Crippen molar-refractivity contribution < 1.29 is 4.42 Å². The van der Waals surface area contributed by atoms with E-state index in [0.29, 0.717) is 11.6 Å². The van der Waals surface area contributed by atoms with Crippen LogP contribution in [-0.4, -0.2) is 42.7 Å². The highest BCUT2D eigenvalue weighted by atomic mass is 32.2. The van der Waals surface area contributed by atoms with Crippen LogP contribution in [0.5, 0.6) is 0 Å². The lowest BCUT2D eigenvalue weighted by atomic mass is 9.99. The molecule has 4 aromatic rings. The van der Waals surface area contributed by atoms with E-state index in [2.05, 4.69) is 35.9 Å². The van der Waals surface area contributed by atoms with Gasteiger partial charge in [0, 0.05) is 17.3 Å². The van der Waals surface area contributed by atoms with E-state index in [9.17, 15) is 0 Å². The van der Waals surface area contributed by atoms with Crippen LogP contribution in [0.1, 0.15) is 36.0 Å². The first-order valence-electron chi connectivity index (χ1n) is 10.6. The lowest BCUT2D eigenvalue weighted by molar-refractivity contribution is 0.181. The second-order valence-corrected chi connectivity index (χ2v) is 10.5. The van der Waals surface area contributed by atoms with Gasteiger partial charge in [-0.15, -0.1) is 21.5 Å². The minimum Gasteiger partial charge on any atom is -0.461 e. The summed E-state index contributed by atoms with van der Waals surface area (Å²) in [7, 11) is 1.96. The lowest BCUT2D eigenvalue weighted by Crippen LogP contribution is -2.33. The summed E-state index contributed by atoms with van der Waals surface area (Å²) in [5.41, 5.74) is 1.24. The Kier molecular flexibility index (Phi) is 5.58. The monoisotopic (exact) mass is 454 g/mol. The topological polar surface area (TPSA) is 72.9 Å². The van der Waals surface area contributed by atoms with Gasteiger partial charge in [0.1, 0.15) is 15.7 Å². The van der Waals surface area contributed by atoms with Gasteiger partial charge in [-0.1, -0.05) is 6.92 Å². The molecule has 5 heterocycles. The lowest BCUT2D eigenvalue weighted by Gasteiger charge is -2.29. The van der Waals surface area contributed by atoms with Gasteiger partial charge < -0.3 is 8.98 Å². The fourth-order valence-corrected chi connectivity index (χ4v) is 6.02. The number of fused-ring (bicyclic) bond motifs is 1. The molecule has 0 aromatic carbocycles. The number of hydrogen-bond donors (Lipinski definition) is 0. The maximum Gasteiger partial charge on any atom is 0.200 e. The molecule has 1 saturated heterocycles. The van der Waals surface area contributed by atoms with Gasteiger partial charge in [-0.3, -0.25) is 4.90 Å². The zero-order chi connectivity index (χ0) is 21.5. The van der Waals surface area contributed by atoms with Crippen LogP contribution in [0.4, 0.5) is 0 Å². The average Bonchev–Trinajstić information content (AvgIpc) is 3.45. The maximum absolute atomic E-state index is 5.51. The molecule has 5 rings (SSSR count). The van der Waals surface area contributed by atoms with Crippen molar-refractivity contribution in [3.05, 3.63) is 34.7 Å². The van der Waals surface area contributed by atoms with Gasteiger partial charge in [-0.05, 0) is 75.2 Å². The number of thiophene rings is 1. The summed E-state index contributed by atoms with van der Waals surface area (Å²) in [6.07, 6.45) is 4.14. The van der Waals surface area contributed by atoms with Crippen molar-refractivity contribution in [1.29, 1.82) is 0 Å². The van der Waals surface area contributed by atoms with Gasteiger partial charge >= 0.3 is 0 Å². The Hall–Kier alpha value is -2.23. The summed E-state index contributed by atoms with van der Waals surface area (Å²) in [5.74, 6) is 3.11. The first-order valence-corrected chi connectivity index (χ1v) is 12.2. The Labute approximate surface area is 189 Å². The van der Waals surface area contributed by atoms with Crippen LogP contribution in [0.3, 0.4) is 0 Å². The van der Waals surface area contributed by atoms with Crippen LogP contribution < -0.4 is 0 Å². The number of hydrogen-bond acceptors (Lipinski definition) is 8. The third kappa shape index (κ3) is 4.02. The predicted molar refractivity (Wildman–Crippen MR) is 123 cm³/mol. The quantitative estimate of drug-likeness (QED) is 0.389. The van der Waals surface area contributed by atoms with E-state index in [1.165, 1.54) is 23.3 Å². The molecule has 0 N–H and O–H groups in total. The Morgan fingerprint density at radius 3 is 2.74 bits per heavy atom. The molecule has 4 aromatic heterocycles. The third-order valence-electron chi connectivity index (χ3n) is 6.05. The summed E-state index contributed by atoms with van der Waals surface area (Å²) in [4.78, 5) is 14.8. The minimum absolute atomic E-state index is 0.706. The molecule has 0 atom stereocenters. The zero-order valence-electron chi connectivity index (χ0n) is 18.3. The van der Waals surface area contributed by atoms with Crippen LogP contribution in [0.15, 0.2) is 33.0 Å². The summed E-state index contributed by atoms with van der Waals surface area (Å²) in [5, 5.41) is 11.6. The second kappa shape index (κ2) is 8.37. The number of aromatic nitrogens is 5. The fraction of sp³-hybridized carbons (Fsp3) is 0.455. The first kappa shape index (κ1) is 20.7. The highest BCUT2D eigenvalue weighted by Crippen LogP contribution is 2.38. The molecule has 1 aliphatic rings. The van der Waals surface area contributed by atoms with E-state index in [-0.39, 0.29) is 0 Å². The molecule has 0 saturated carbocycles. The first-order chi connectivity index (χ1) is 15.0. The maximum atomic E-state index is 5.51. The van der Waals surface area contributed by atoms with Gasteiger partial charge in [0.15, 0.2) is 16.7 Å². The highest BCUT2D eigenvalue weighted by molar-refractivity contribution is 7.99. The standard InChI is InChI=1S/C22H26N6OS2/c1-13-7-9-28(10-8-13)12-17-23-20-18(14(2)15(3)30-20)21(24-17)31-22-26-25-19(27(22)4)16-6-5-11-29-16/h5-6,11,13H,7-10,12H2,1-4H3. The molecule has 0 unspecified atom stereocenters. The summed E-state index contributed by atoms with van der Waals surface area (Å²) >= 11 is 3.30. The van der Waals surface area contributed by atoms with E-state index < -0.39 is 0 Å². The van der Waals surface area contributed by atoms with Gasteiger partial charge in [-0.25, -0.2) is 9.97 Å². The van der Waals surface area contributed by atoms with Crippen LogP contribution in [0, 0.1) is 19.8 Å². The van der Waals surface area contributed by atoms with Crippen LogP contribution in [0.2, 0.25) is 0 Å². The molecule has 162 valence electrons. The molecule has 31 heavy (non-hydrogen) atoms. The van der Waals surface area contributed by atoms with Gasteiger partial charge in [0.25, 0.3) is 0 Å². The molecule has 1 fully saturated rings. The van der Waals surface area contributed by atoms with Gasteiger partial charge in [-0.2, -0.15) is 0 Å². The highest BCUT2D eigenvalue weighted by Gasteiger charge is 2.22. The summed E-state index contributed by atoms with van der Waals surface area (Å²) in [6.45, 7) is 9.66. The minimum atomic E-state index is 0.706.